The van der Waals surface area contributed by atoms with Crippen molar-refractivity contribution in [2.75, 3.05) is 0 Å². The average molecular weight is 743 g/mol. The lowest BCUT2D eigenvalue weighted by atomic mass is 9.55. The Kier molecular flexibility index (Phi) is 7.84. The molecule has 1 spiro atoms. The van der Waals surface area contributed by atoms with Gasteiger partial charge >= 0.3 is 0 Å². The highest BCUT2D eigenvalue weighted by molar-refractivity contribution is 6.14. The second-order valence-corrected chi connectivity index (χ2v) is 16.3. The van der Waals surface area contributed by atoms with Crippen molar-refractivity contribution in [3.63, 3.8) is 0 Å². The smallest absolute Gasteiger partial charge is 0.145 e. The average Bonchev–Trinajstić information content (AvgIpc) is 3.59. The zero-order valence-electron chi connectivity index (χ0n) is 32.7. The van der Waals surface area contributed by atoms with E-state index < -0.39 is 5.41 Å². The van der Waals surface area contributed by atoms with Crippen molar-refractivity contribution in [3.8, 4) is 33.4 Å². The molecule has 8 aromatic rings. The highest BCUT2D eigenvalue weighted by atomic mass is 15.1. The molecule has 0 saturated carbocycles. The first-order valence-electron chi connectivity index (χ1n) is 20.3. The van der Waals surface area contributed by atoms with E-state index in [1.165, 1.54) is 72.3 Å². The summed E-state index contributed by atoms with van der Waals surface area (Å²) in [5.74, 6) is 0. The van der Waals surface area contributed by atoms with Crippen LogP contribution in [0.3, 0.4) is 0 Å². The summed E-state index contributed by atoms with van der Waals surface area (Å²) >= 11 is 0. The third-order valence-corrected chi connectivity index (χ3v) is 12.8. The summed E-state index contributed by atoms with van der Waals surface area (Å²) in [5.41, 5.74) is 20.2. The van der Waals surface area contributed by atoms with Gasteiger partial charge in [-0.1, -0.05) is 202 Å². The third-order valence-electron chi connectivity index (χ3n) is 12.8. The van der Waals surface area contributed by atoms with Crippen LogP contribution in [-0.2, 0) is 10.8 Å². The first-order chi connectivity index (χ1) is 28.5. The molecule has 0 radical (unpaired) electrons. The number of aliphatic imine (C=N–C) groups is 1. The number of fused-ring (bicyclic) bond motifs is 9. The van der Waals surface area contributed by atoms with Gasteiger partial charge < -0.3 is 5.32 Å². The molecule has 1 N–H and O–H groups in total. The topological polar surface area (TPSA) is 24.4 Å². The van der Waals surface area contributed by atoms with Crippen LogP contribution in [0.1, 0.15) is 70.1 Å². The standard InChI is InChI=1S/C56H42N2/c1-55(2)46-27-12-14-29-48(46)56(49-30-15-13-28-47(49)55)45-33-32-42(41-25-16-24-40(34-41)37-18-6-3-7-19-37)35-44(45)53-43(26-17-31-50(53)56)52-36-51(38-20-8-4-9-21-38)57-54(58-52)39-22-10-5-11-23-39/h3-36,54,58H,1-2H3. The Morgan fingerprint density at radius 3 is 1.60 bits per heavy atom. The molecule has 0 saturated heterocycles. The predicted molar refractivity (Wildman–Crippen MR) is 240 cm³/mol. The molecule has 1 unspecified atom stereocenters. The van der Waals surface area contributed by atoms with Gasteiger partial charge in [0, 0.05) is 16.7 Å². The highest BCUT2D eigenvalue weighted by Crippen LogP contribution is 2.63. The normalized spacial score (nSPS) is 16.6. The first kappa shape index (κ1) is 34.2. The van der Waals surface area contributed by atoms with Gasteiger partial charge in [-0.3, -0.25) is 4.99 Å². The summed E-state index contributed by atoms with van der Waals surface area (Å²) in [6.45, 7) is 4.77. The number of hydrogen-bond donors (Lipinski definition) is 1. The fourth-order valence-corrected chi connectivity index (χ4v) is 10.1. The van der Waals surface area contributed by atoms with E-state index in [0.29, 0.717) is 0 Å². The van der Waals surface area contributed by atoms with Crippen LogP contribution in [0.2, 0.25) is 0 Å². The molecule has 2 aliphatic carbocycles. The van der Waals surface area contributed by atoms with Crippen molar-refractivity contribution in [1.29, 1.82) is 0 Å². The quantitative estimate of drug-likeness (QED) is 0.187. The number of rotatable bonds is 5. The molecular weight excluding hydrogens is 701 g/mol. The van der Waals surface area contributed by atoms with E-state index in [0.717, 1.165) is 22.5 Å². The lowest BCUT2D eigenvalue weighted by molar-refractivity contribution is 0.563. The number of benzene rings is 8. The van der Waals surface area contributed by atoms with Crippen LogP contribution < -0.4 is 5.32 Å². The molecule has 58 heavy (non-hydrogen) atoms. The molecule has 276 valence electrons. The lowest BCUT2D eigenvalue weighted by Crippen LogP contribution is -2.40. The fraction of sp³-hybridized carbons (Fsp3) is 0.0893. The Morgan fingerprint density at radius 1 is 0.414 bits per heavy atom. The van der Waals surface area contributed by atoms with Crippen molar-refractivity contribution in [2.24, 2.45) is 4.99 Å². The Labute approximate surface area is 340 Å². The Morgan fingerprint density at radius 2 is 0.931 bits per heavy atom. The van der Waals surface area contributed by atoms with Crippen molar-refractivity contribution in [3.05, 3.63) is 256 Å². The molecule has 1 atom stereocenters. The summed E-state index contributed by atoms with van der Waals surface area (Å²) in [5, 5.41) is 3.93. The van der Waals surface area contributed by atoms with Crippen molar-refractivity contribution < 1.29 is 0 Å². The van der Waals surface area contributed by atoms with Gasteiger partial charge in [0.2, 0.25) is 0 Å². The lowest BCUT2D eigenvalue weighted by Gasteiger charge is -2.46. The van der Waals surface area contributed by atoms with Gasteiger partial charge in [-0.25, -0.2) is 0 Å². The van der Waals surface area contributed by atoms with Crippen LogP contribution in [-0.4, -0.2) is 5.71 Å². The molecule has 0 aromatic heterocycles. The molecule has 2 nitrogen and oxygen atoms in total. The van der Waals surface area contributed by atoms with Gasteiger partial charge in [-0.2, -0.15) is 0 Å². The second-order valence-electron chi connectivity index (χ2n) is 16.3. The van der Waals surface area contributed by atoms with Gasteiger partial charge in [0.15, 0.2) is 0 Å². The highest BCUT2D eigenvalue weighted by Gasteiger charge is 2.53. The first-order valence-corrected chi connectivity index (χ1v) is 20.3. The van der Waals surface area contributed by atoms with E-state index in [1.54, 1.807) is 0 Å². The molecule has 1 heterocycles. The van der Waals surface area contributed by atoms with Gasteiger partial charge in [0.25, 0.3) is 0 Å². The molecule has 1 aliphatic heterocycles. The van der Waals surface area contributed by atoms with E-state index in [4.69, 9.17) is 4.99 Å². The zero-order chi connectivity index (χ0) is 38.8. The van der Waals surface area contributed by atoms with Crippen LogP contribution in [0.25, 0.3) is 39.1 Å². The third kappa shape index (κ3) is 5.15. The van der Waals surface area contributed by atoms with Gasteiger partial charge in [-0.05, 0) is 96.1 Å². The largest absolute Gasteiger partial charge is 0.359 e. The summed E-state index contributed by atoms with van der Waals surface area (Å²) < 4.78 is 0. The van der Waals surface area contributed by atoms with Crippen LogP contribution >= 0.6 is 0 Å². The summed E-state index contributed by atoms with van der Waals surface area (Å²) in [6.07, 6.45) is 2.01. The van der Waals surface area contributed by atoms with E-state index in [2.05, 4.69) is 225 Å². The van der Waals surface area contributed by atoms with Crippen LogP contribution in [0, 0.1) is 0 Å². The van der Waals surface area contributed by atoms with Crippen molar-refractivity contribution in [2.45, 2.75) is 30.8 Å². The van der Waals surface area contributed by atoms with Crippen LogP contribution in [0.15, 0.2) is 211 Å². The SMILES string of the molecule is CC1(C)c2ccccc2C2(c3ccc(-c4cccc(-c5ccccc5)c4)cc3-c3c(C4=CC(c5ccccc5)=NC(c5ccccc5)N4)cccc32)c2ccccc21. The molecule has 8 aromatic carbocycles. The van der Waals surface area contributed by atoms with Crippen molar-refractivity contribution in [1.82, 2.24) is 5.32 Å². The number of hydrogen-bond acceptors (Lipinski definition) is 2. The van der Waals surface area contributed by atoms with E-state index >= 15 is 0 Å². The van der Waals surface area contributed by atoms with Gasteiger partial charge in [0.1, 0.15) is 6.17 Å². The predicted octanol–water partition coefficient (Wildman–Crippen LogP) is 13.2. The minimum absolute atomic E-state index is 0.172. The van der Waals surface area contributed by atoms with Crippen LogP contribution in [0.4, 0.5) is 0 Å². The number of allylic oxidation sites excluding steroid dienone is 1. The van der Waals surface area contributed by atoms with E-state index in [9.17, 15) is 0 Å². The number of nitrogens with one attached hydrogen (secondary N) is 1. The molecular formula is C56H42N2. The fourth-order valence-electron chi connectivity index (χ4n) is 10.1. The molecule has 3 aliphatic rings. The summed E-state index contributed by atoms with van der Waals surface area (Å²) in [7, 11) is 0. The molecule has 0 bridgehead atoms. The maximum absolute atomic E-state index is 5.31. The molecule has 11 rings (SSSR count). The molecule has 0 amide bonds. The van der Waals surface area contributed by atoms with Crippen molar-refractivity contribution >= 4 is 11.4 Å². The summed E-state index contributed by atoms with van der Waals surface area (Å²) in [6, 6.07) is 73.4. The van der Waals surface area contributed by atoms with E-state index in [1.807, 2.05) is 0 Å². The maximum Gasteiger partial charge on any atom is 0.145 e. The van der Waals surface area contributed by atoms with Crippen LogP contribution in [0.5, 0.6) is 0 Å². The summed E-state index contributed by atoms with van der Waals surface area (Å²) in [4.78, 5) is 5.31. The minimum Gasteiger partial charge on any atom is -0.359 e. The molecule has 2 heteroatoms. The monoisotopic (exact) mass is 742 g/mol. The minimum atomic E-state index is -0.516. The maximum atomic E-state index is 5.31. The Balaban J connectivity index is 1.19. The zero-order valence-corrected chi connectivity index (χ0v) is 32.7. The Bertz CT molecular complexity index is 2890. The van der Waals surface area contributed by atoms with Gasteiger partial charge in [0.05, 0.1) is 11.1 Å². The second kappa shape index (κ2) is 13.3. The molecule has 0 fully saturated rings. The Hall–Kier alpha value is -7.03. The van der Waals surface area contributed by atoms with E-state index in [-0.39, 0.29) is 11.6 Å². The van der Waals surface area contributed by atoms with Gasteiger partial charge in [-0.15, -0.1) is 0 Å². The number of nitrogens with zero attached hydrogens (tertiary/aromatic N) is 1.